The summed E-state index contributed by atoms with van der Waals surface area (Å²) < 4.78 is 5.06. The number of aromatic nitrogens is 2. The van der Waals surface area contributed by atoms with Crippen LogP contribution in [0.5, 0.6) is 0 Å². The van der Waals surface area contributed by atoms with E-state index in [1.54, 1.807) is 13.1 Å². The highest BCUT2D eigenvalue weighted by Gasteiger charge is 2.12. The lowest BCUT2D eigenvalue weighted by Crippen LogP contribution is -2.34. The van der Waals surface area contributed by atoms with Crippen molar-refractivity contribution < 1.29 is 24.2 Å². The second-order valence-corrected chi connectivity index (χ2v) is 6.31. The van der Waals surface area contributed by atoms with Gasteiger partial charge in [-0.15, -0.1) is 12.4 Å². The van der Waals surface area contributed by atoms with Crippen LogP contribution in [0, 0.1) is 5.92 Å². The fraction of sp³-hybridized carbons (Fsp3) is 0.667. The summed E-state index contributed by atoms with van der Waals surface area (Å²) in [5.41, 5.74) is 6.00. The van der Waals surface area contributed by atoms with Crippen LogP contribution in [0.1, 0.15) is 52.1 Å². The molecule has 1 aromatic rings. The van der Waals surface area contributed by atoms with Crippen LogP contribution in [-0.4, -0.2) is 52.1 Å². The van der Waals surface area contributed by atoms with E-state index in [0.717, 1.165) is 31.4 Å². The number of amides is 1. The lowest BCUT2D eigenvalue weighted by atomic mass is 10.0. The lowest BCUT2D eigenvalue weighted by molar-refractivity contribution is -0.138. The number of carboxylic acid groups (broad SMARTS) is 1. The number of alkyl carbamates (subject to hydrolysis) is 1. The summed E-state index contributed by atoms with van der Waals surface area (Å²) in [6.07, 6.45) is 7.92. The molecule has 1 amide bonds. The average Bonchev–Trinajstić information content (AvgIpc) is 3.15. The minimum absolute atomic E-state index is 0. The first-order valence-corrected chi connectivity index (χ1v) is 9.18. The highest BCUT2D eigenvalue weighted by atomic mass is 35.5. The fourth-order valence-electron chi connectivity index (χ4n) is 2.07. The van der Waals surface area contributed by atoms with Gasteiger partial charge in [-0.05, 0) is 19.3 Å². The largest absolute Gasteiger partial charge is 0.480 e. The lowest BCUT2D eigenvalue weighted by Gasteiger charge is -2.15. The second kappa shape index (κ2) is 17.0. The number of aldehydes is 1. The Morgan fingerprint density at radius 1 is 1.43 bits per heavy atom. The number of hydrogen-bond acceptors (Lipinski definition) is 6. The van der Waals surface area contributed by atoms with Crippen LogP contribution in [0.25, 0.3) is 0 Å². The van der Waals surface area contributed by atoms with Crippen LogP contribution in [-0.2, 0) is 20.7 Å². The molecule has 0 aliphatic rings. The van der Waals surface area contributed by atoms with Gasteiger partial charge in [0.25, 0.3) is 0 Å². The summed E-state index contributed by atoms with van der Waals surface area (Å²) >= 11 is 0. The molecule has 2 unspecified atom stereocenters. The Kier molecular flexibility index (Phi) is 17.1. The van der Waals surface area contributed by atoms with Crippen LogP contribution in [0.3, 0.4) is 0 Å². The topological polar surface area (TPSA) is 147 Å². The van der Waals surface area contributed by atoms with E-state index in [-0.39, 0.29) is 18.8 Å². The van der Waals surface area contributed by atoms with Gasteiger partial charge in [-0.2, -0.15) is 0 Å². The van der Waals surface area contributed by atoms with Gasteiger partial charge in [-0.1, -0.05) is 33.1 Å². The first-order valence-electron chi connectivity index (χ1n) is 9.18. The molecule has 0 spiro atoms. The molecule has 5 N–H and O–H groups in total. The molecule has 10 heteroatoms. The van der Waals surface area contributed by atoms with Crippen molar-refractivity contribution >= 4 is 30.8 Å². The van der Waals surface area contributed by atoms with Gasteiger partial charge >= 0.3 is 12.1 Å². The first-order chi connectivity index (χ1) is 12.8. The second-order valence-electron chi connectivity index (χ2n) is 6.31. The first kappa shape index (κ1) is 28.1. The van der Waals surface area contributed by atoms with Crippen molar-refractivity contribution in [2.24, 2.45) is 11.7 Å². The van der Waals surface area contributed by atoms with Crippen LogP contribution in [0.15, 0.2) is 12.5 Å². The number of ether oxygens (including phenoxy) is 1. The highest BCUT2D eigenvalue weighted by molar-refractivity contribution is 5.85. The van der Waals surface area contributed by atoms with Crippen LogP contribution in [0.2, 0.25) is 0 Å². The zero-order valence-corrected chi connectivity index (χ0v) is 17.5. The number of unbranched alkanes of at least 4 members (excludes halogenated alkanes) is 1. The third kappa shape index (κ3) is 14.0. The average molecular weight is 421 g/mol. The summed E-state index contributed by atoms with van der Waals surface area (Å²) in [6, 6.07) is -1.33. The van der Waals surface area contributed by atoms with Crippen molar-refractivity contribution in [1.82, 2.24) is 15.3 Å². The van der Waals surface area contributed by atoms with Crippen LogP contribution < -0.4 is 11.1 Å². The predicted molar refractivity (Wildman–Crippen MR) is 108 cm³/mol. The third-order valence-electron chi connectivity index (χ3n) is 3.85. The Morgan fingerprint density at radius 2 is 2.11 bits per heavy atom. The monoisotopic (exact) mass is 420 g/mol. The summed E-state index contributed by atoms with van der Waals surface area (Å²) in [4.78, 5) is 38.3. The van der Waals surface area contributed by atoms with Crippen molar-refractivity contribution in [2.45, 2.75) is 65.0 Å². The minimum Gasteiger partial charge on any atom is -0.480 e. The number of imidazole rings is 1. The number of nitrogens with one attached hydrogen (secondary N) is 2. The normalized spacial score (nSPS) is 13.0. The molecular formula is C18H33ClN4O5. The molecule has 1 aromatic heterocycles. The molecule has 0 fully saturated rings. The van der Waals surface area contributed by atoms with Gasteiger partial charge in [0.2, 0.25) is 0 Å². The Bertz CT molecular complexity index is 542. The smallest absolute Gasteiger partial charge is 0.407 e. The molecule has 0 bridgehead atoms. The Labute approximate surface area is 172 Å². The zero-order valence-electron chi connectivity index (χ0n) is 16.7. The molecule has 0 aromatic carbocycles. The van der Waals surface area contributed by atoms with Crippen LogP contribution in [0.4, 0.5) is 4.79 Å². The van der Waals surface area contributed by atoms with Gasteiger partial charge in [0.15, 0.2) is 0 Å². The summed E-state index contributed by atoms with van der Waals surface area (Å²) in [6.45, 7) is 6.29. The number of carbonyl (C=O) groups excluding carboxylic acids is 2. The maximum absolute atomic E-state index is 11.2. The SMILES string of the molecule is CCCCC(CC)COC(=O)NC(C)C=O.Cl.N[C@@H](Cc1cnc[nH]1)C(=O)O. The fourth-order valence-corrected chi connectivity index (χ4v) is 2.07. The molecular weight excluding hydrogens is 388 g/mol. The Hall–Kier alpha value is -2.13. The van der Waals surface area contributed by atoms with E-state index in [4.69, 9.17) is 15.6 Å². The molecule has 0 aliphatic heterocycles. The number of aromatic amines is 1. The standard InChI is InChI=1S/C12H23NO3.C6H9N3O2.ClH/c1-4-6-7-11(5-2)9-16-12(15)13-10(3)8-14;7-5(6(10)11)1-4-2-8-3-9-4;/h8,10-11H,4-7,9H2,1-3H3,(H,13,15);2-3,5H,1,7H2,(H,8,9)(H,10,11);1H/t;5-;/m.0./s1. The Morgan fingerprint density at radius 3 is 2.57 bits per heavy atom. The van der Waals surface area contributed by atoms with E-state index in [9.17, 15) is 14.4 Å². The van der Waals surface area contributed by atoms with Gasteiger partial charge in [0.1, 0.15) is 12.3 Å². The van der Waals surface area contributed by atoms with Gasteiger partial charge in [-0.25, -0.2) is 9.78 Å². The maximum Gasteiger partial charge on any atom is 0.407 e. The van der Waals surface area contributed by atoms with E-state index >= 15 is 0 Å². The van der Waals surface area contributed by atoms with Crippen molar-refractivity contribution in [3.8, 4) is 0 Å². The molecule has 162 valence electrons. The summed E-state index contributed by atoms with van der Waals surface area (Å²) in [5, 5.41) is 10.9. The number of aliphatic carboxylic acids is 1. The quantitative estimate of drug-likeness (QED) is 0.401. The number of hydrogen-bond donors (Lipinski definition) is 4. The van der Waals surface area contributed by atoms with Crippen molar-refractivity contribution in [2.75, 3.05) is 6.61 Å². The number of rotatable bonds is 11. The maximum atomic E-state index is 11.2. The molecule has 0 aliphatic carbocycles. The van der Waals surface area contributed by atoms with Gasteiger partial charge in [0, 0.05) is 18.3 Å². The van der Waals surface area contributed by atoms with Gasteiger partial charge < -0.3 is 30.7 Å². The highest BCUT2D eigenvalue weighted by Crippen LogP contribution is 2.12. The minimum atomic E-state index is -1.00. The van der Waals surface area contributed by atoms with E-state index in [1.807, 2.05) is 0 Å². The molecule has 3 atom stereocenters. The molecule has 0 saturated carbocycles. The number of carbonyl (C=O) groups is 3. The molecule has 1 rings (SSSR count). The molecule has 28 heavy (non-hydrogen) atoms. The van der Waals surface area contributed by atoms with Crippen molar-refractivity contribution in [3.63, 3.8) is 0 Å². The van der Waals surface area contributed by atoms with E-state index < -0.39 is 24.1 Å². The molecule has 0 radical (unpaired) electrons. The van der Waals surface area contributed by atoms with Crippen LogP contribution >= 0.6 is 12.4 Å². The van der Waals surface area contributed by atoms with Gasteiger partial charge in [0.05, 0.1) is 19.0 Å². The van der Waals surface area contributed by atoms with E-state index in [2.05, 4.69) is 29.1 Å². The van der Waals surface area contributed by atoms with Crippen molar-refractivity contribution in [1.29, 1.82) is 0 Å². The number of H-pyrrole nitrogens is 1. The number of nitrogens with two attached hydrogens (primary N) is 1. The van der Waals surface area contributed by atoms with E-state index in [1.165, 1.54) is 6.33 Å². The van der Waals surface area contributed by atoms with Crippen molar-refractivity contribution in [3.05, 3.63) is 18.2 Å². The molecule has 9 nitrogen and oxygen atoms in total. The third-order valence-corrected chi connectivity index (χ3v) is 3.85. The molecule has 0 saturated heterocycles. The zero-order chi connectivity index (χ0) is 20.7. The number of halogens is 1. The molecule has 1 heterocycles. The summed E-state index contributed by atoms with van der Waals surface area (Å²) in [5.74, 6) is -0.572. The summed E-state index contributed by atoms with van der Waals surface area (Å²) in [7, 11) is 0. The number of nitrogens with zero attached hydrogens (tertiary/aromatic N) is 1. The Balaban J connectivity index is 0. The van der Waals surface area contributed by atoms with Gasteiger partial charge in [-0.3, -0.25) is 4.79 Å². The van der Waals surface area contributed by atoms with E-state index in [0.29, 0.717) is 18.8 Å². The predicted octanol–water partition coefficient (Wildman–Crippen LogP) is 2.30. The number of carboxylic acids is 1.